The molecule has 0 aliphatic carbocycles. The van der Waals surface area contributed by atoms with Gasteiger partial charge in [-0.2, -0.15) is 0 Å². The second-order valence-electron chi connectivity index (χ2n) is 8.08. The molecule has 0 bridgehead atoms. The lowest BCUT2D eigenvalue weighted by atomic mass is 9.95. The van der Waals surface area contributed by atoms with Crippen molar-refractivity contribution in [1.82, 2.24) is 4.90 Å². The van der Waals surface area contributed by atoms with Crippen molar-refractivity contribution in [3.63, 3.8) is 0 Å². The van der Waals surface area contributed by atoms with E-state index in [4.69, 9.17) is 9.47 Å². The first-order valence-corrected chi connectivity index (χ1v) is 11.9. The molecule has 2 aromatic carbocycles. The molecule has 1 heterocycles. The lowest BCUT2D eigenvalue weighted by Gasteiger charge is -2.25. The summed E-state index contributed by atoms with van der Waals surface area (Å²) in [6.07, 6.45) is 2.58. The molecule has 33 heavy (non-hydrogen) atoms. The first-order valence-electron chi connectivity index (χ1n) is 11.2. The summed E-state index contributed by atoms with van der Waals surface area (Å²) in [6, 6.07) is 12.1. The predicted molar refractivity (Wildman–Crippen MR) is 131 cm³/mol. The van der Waals surface area contributed by atoms with Gasteiger partial charge >= 0.3 is 0 Å². The molecule has 1 saturated heterocycles. The van der Waals surface area contributed by atoms with Gasteiger partial charge in [-0.05, 0) is 61.2 Å². The Labute approximate surface area is 203 Å². The van der Waals surface area contributed by atoms with Gasteiger partial charge in [0.1, 0.15) is 11.5 Å². The van der Waals surface area contributed by atoms with Crippen molar-refractivity contribution in [2.75, 3.05) is 26.9 Å². The van der Waals surface area contributed by atoms with E-state index in [9.17, 15) is 14.7 Å². The molecule has 0 saturated carbocycles. The number of nitrogens with zero attached hydrogens (tertiary/aromatic N) is 1. The Hall–Kier alpha value is -2.64. The topological polar surface area (TPSA) is 76.1 Å². The summed E-state index contributed by atoms with van der Waals surface area (Å²) < 4.78 is 11.8. The maximum Gasteiger partial charge on any atom is 0.295 e. The Kier molecular flexibility index (Phi) is 8.69. The monoisotopic (exact) mass is 515 g/mol. The second kappa shape index (κ2) is 11.5. The van der Waals surface area contributed by atoms with Gasteiger partial charge < -0.3 is 19.5 Å². The maximum absolute atomic E-state index is 13.1. The number of aliphatic hydroxyl groups is 1. The molecule has 3 rings (SSSR count). The summed E-state index contributed by atoms with van der Waals surface area (Å²) in [5.41, 5.74) is 2.17. The van der Waals surface area contributed by atoms with Gasteiger partial charge in [0, 0.05) is 30.3 Å². The van der Waals surface area contributed by atoms with E-state index in [0.29, 0.717) is 31.7 Å². The summed E-state index contributed by atoms with van der Waals surface area (Å²) >= 11 is 3.47. The van der Waals surface area contributed by atoms with Crippen LogP contribution in [0.15, 0.2) is 52.5 Å². The van der Waals surface area contributed by atoms with Gasteiger partial charge in [-0.15, -0.1) is 0 Å². The number of ketones is 1. The first kappa shape index (κ1) is 25.0. The highest BCUT2D eigenvalue weighted by molar-refractivity contribution is 9.10. The van der Waals surface area contributed by atoms with E-state index in [-0.39, 0.29) is 11.3 Å². The summed E-state index contributed by atoms with van der Waals surface area (Å²) in [6.45, 7) is 5.43. The number of methoxy groups -OCH3 is 1. The Bertz CT molecular complexity index is 1050. The molecular weight excluding hydrogens is 486 g/mol. The molecule has 2 aromatic rings. The fraction of sp³-hybridized carbons (Fsp3) is 0.385. The zero-order valence-electron chi connectivity index (χ0n) is 19.3. The highest BCUT2D eigenvalue weighted by Gasteiger charge is 2.45. The van der Waals surface area contributed by atoms with Crippen LogP contribution in [0.25, 0.3) is 5.76 Å². The number of amides is 1. The van der Waals surface area contributed by atoms with Crippen molar-refractivity contribution in [3.8, 4) is 5.75 Å². The number of unbranched alkanes of at least 4 members (excludes halogenated alkanes) is 1. The van der Waals surface area contributed by atoms with Gasteiger partial charge in [0.15, 0.2) is 0 Å². The molecular formula is C26H30BrNO5. The van der Waals surface area contributed by atoms with Crippen LogP contribution >= 0.6 is 15.9 Å². The van der Waals surface area contributed by atoms with Crippen LogP contribution < -0.4 is 4.74 Å². The second-order valence-corrected chi connectivity index (χ2v) is 8.99. The number of halogens is 1. The van der Waals surface area contributed by atoms with Gasteiger partial charge in [-0.3, -0.25) is 9.59 Å². The minimum atomic E-state index is -0.684. The molecule has 0 unspecified atom stereocenters. The zero-order chi connectivity index (χ0) is 24.0. The fourth-order valence-electron chi connectivity index (χ4n) is 3.95. The summed E-state index contributed by atoms with van der Waals surface area (Å²) in [4.78, 5) is 27.5. The largest absolute Gasteiger partial charge is 0.507 e. The fourth-order valence-corrected chi connectivity index (χ4v) is 4.37. The number of hydrogen-bond acceptors (Lipinski definition) is 5. The van der Waals surface area contributed by atoms with Crippen molar-refractivity contribution < 1.29 is 24.2 Å². The number of carbonyl (C=O) groups excluding carboxylic acids is 2. The highest BCUT2D eigenvalue weighted by Crippen LogP contribution is 2.40. The molecule has 0 radical (unpaired) electrons. The van der Waals surface area contributed by atoms with E-state index in [1.807, 2.05) is 31.2 Å². The average molecular weight is 516 g/mol. The number of benzene rings is 2. The SMILES string of the molecule is CCCCOc1ccc(/C(O)=C2\C(=O)C(=O)N(CCCOC)[C@H]2c2cccc(Br)c2)cc1C. The Morgan fingerprint density at radius 1 is 1.12 bits per heavy atom. The molecule has 176 valence electrons. The smallest absolute Gasteiger partial charge is 0.295 e. The van der Waals surface area contributed by atoms with E-state index in [2.05, 4.69) is 22.9 Å². The van der Waals surface area contributed by atoms with Crippen molar-refractivity contribution >= 4 is 33.4 Å². The Balaban J connectivity index is 2.04. The molecule has 6 nitrogen and oxygen atoms in total. The number of aryl methyl sites for hydroxylation is 1. The molecule has 1 fully saturated rings. The Morgan fingerprint density at radius 2 is 1.91 bits per heavy atom. The van der Waals surface area contributed by atoms with Crippen LogP contribution in [0.5, 0.6) is 5.75 Å². The molecule has 0 aromatic heterocycles. The number of aliphatic hydroxyl groups excluding tert-OH is 1. The van der Waals surface area contributed by atoms with Gasteiger partial charge in [-0.1, -0.05) is 41.4 Å². The van der Waals surface area contributed by atoms with E-state index < -0.39 is 17.7 Å². The van der Waals surface area contributed by atoms with Crippen molar-refractivity contribution in [2.45, 2.75) is 39.2 Å². The summed E-state index contributed by atoms with van der Waals surface area (Å²) in [5, 5.41) is 11.2. The van der Waals surface area contributed by atoms with Crippen LogP contribution in [0.1, 0.15) is 48.9 Å². The summed E-state index contributed by atoms with van der Waals surface area (Å²) in [5.74, 6) is -0.746. The third-order valence-corrected chi connectivity index (χ3v) is 6.15. The zero-order valence-corrected chi connectivity index (χ0v) is 20.9. The van der Waals surface area contributed by atoms with Crippen LogP contribution in [0.2, 0.25) is 0 Å². The molecule has 1 aliphatic rings. The van der Waals surface area contributed by atoms with Crippen molar-refractivity contribution in [3.05, 3.63) is 69.2 Å². The number of likely N-dealkylation sites (tertiary alicyclic amines) is 1. The molecule has 1 amide bonds. The van der Waals surface area contributed by atoms with Crippen LogP contribution in [-0.2, 0) is 14.3 Å². The summed E-state index contributed by atoms with van der Waals surface area (Å²) in [7, 11) is 1.60. The van der Waals surface area contributed by atoms with Crippen LogP contribution in [0, 0.1) is 6.92 Å². The number of ether oxygens (including phenoxy) is 2. The Morgan fingerprint density at radius 3 is 2.58 bits per heavy atom. The quantitative estimate of drug-likeness (QED) is 0.198. The molecule has 0 spiro atoms. The van der Waals surface area contributed by atoms with Crippen molar-refractivity contribution in [2.24, 2.45) is 0 Å². The lowest BCUT2D eigenvalue weighted by Crippen LogP contribution is -2.31. The number of rotatable bonds is 10. The van der Waals surface area contributed by atoms with Gasteiger partial charge in [-0.25, -0.2) is 0 Å². The van der Waals surface area contributed by atoms with E-state index >= 15 is 0 Å². The van der Waals surface area contributed by atoms with Gasteiger partial charge in [0.2, 0.25) is 0 Å². The van der Waals surface area contributed by atoms with E-state index in [1.165, 1.54) is 4.90 Å². The van der Waals surface area contributed by atoms with E-state index in [0.717, 1.165) is 34.2 Å². The van der Waals surface area contributed by atoms with Crippen LogP contribution in [-0.4, -0.2) is 48.6 Å². The third-order valence-electron chi connectivity index (χ3n) is 5.66. The normalized spacial score (nSPS) is 17.6. The number of carbonyl (C=O) groups is 2. The molecule has 7 heteroatoms. The highest BCUT2D eigenvalue weighted by atomic mass is 79.9. The predicted octanol–water partition coefficient (Wildman–Crippen LogP) is 5.39. The average Bonchev–Trinajstić information content (AvgIpc) is 3.05. The van der Waals surface area contributed by atoms with Crippen LogP contribution in [0.3, 0.4) is 0 Å². The lowest BCUT2D eigenvalue weighted by molar-refractivity contribution is -0.140. The van der Waals surface area contributed by atoms with E-state index in [1.54, 1.807) is 25.3 Å². The van der Waals surface area contributed by atoms with Gasteiger partial charge in [0.05, 0.1) is 18.2 Å². The minimum Gasteiger partial charge on any atom is -0.507 e. The molecule has 1 atom stereocenters. The number of hydrogen-bond donors (Lipinski definition) is 1. The van der Waals surface area contributed by atoms with Crippen molar-refractivity contribution in [1.29, 1.82) is 0 Å². The molecule has 1 aliphatic heterocycles. The third kappa shape index (κ3) is 5.65. The van der Waals surface area contributed by atoms with Gasteiger partial charge in [0.25, 0.3) is 11.7 Å². The first-order chi connectivity index (χ1) is 15.9. The van der Waals surface area contributed by atoms with Crippen LogP contribution in [0.4, 0.5) is 0 Å². The minimum absolute atomic E-state index is 0.0922. The number of Topliss-reactive ketones (excluding diaryl/α,β-unsaturated/α-hetero) is 1. The maximum atomic E-state index is 13.1. The molecule has 1 N–H and O–H groups in total. The standard InChI is InChI=1S/C26H30BrNO5/c1-4-5-14-33-21-11-10-19(15-17(21)2)24(29)22-23(18-8-6-9-20(27)16-18)28(12-7-13-32-3)26(31)25(22)30/h6,8-11,15-16,23,29H,4-5,7,12-14H2,1-3H3/b24-22+/t23-/m0/s1.